The summed E-state index contributed by atoms with van der Waals surface area (Å²) >= 11 is 0. The lowest BCUT2D eigenvalue weighted by Crippen LogP contribution is -2.51. The third-order valence-corrected chi connectivity index (χ3v) is 3.74. The Hall–Kier alpha value is -1.53. The third-order valence-electron chi connectivity index (χ3n) is 3.74. The van der Waals surface area contributed by atoms with Gasteiger partial charge in [-0.3, -0.25) is 0 Å². The quantitative estimate of drug-likeness (QED) is 0.884. The molecular weight excluding hydrogens is 222 g/mol. The topological polar surface area (TPSA) is 39.1 Å². The fourth-order valence-corrected chi connectivity index (χ4v) is 2.61. The molecule has 0 saturated carbocycles. The fourth-order valence-electron chi connectivity index (χ4n) is 2.61. The molecule has 1 N–H and O–H groups in total. The maximum atomic E-state index is 9.29. The Morgan fingerprint density at radius 3 is 2.89 bits per heavy atom. The van der Waals surface area contributed by atoms with Gasteiger partial charge in [0.15, 0.2) is 0 Å². The van der Waals surface area contributed by atoms with Gasteiger partial charge in [-0.25, -0.2) is 0 Å². The number of nitrogens with one attached hydrogen (secondary N) is 1. The number of benzene rings is 1. The maximum absolute atomic E-state index is 9.29. The summed E-state index contributed by atoms with van der Waals surface area (Å²) < 4.78 is 0. The van der Waals surface area contributed by atoms with E-state index < -0.39 is 5.54 Å². The van der Waals surface area contributed by atoms with Gasteiger partial charge < -0.3 is 10.2 Å². The zero-order valence-corrected chi connectivity index (χ0v) is 11.4. The highest BCUT2D eigenvalue weighted by Crippen LogP contribution is 2.30. The molecule has 0 saturated heterocycles. The highest BCUT2D eigenvalue weighted by Gasteiger charge is 2.29. The molecule has 1 aliphatic heterocycles. The molecule has 18 heavy (non-hydrogen) atoms. The Bertz CT molecular complexity index is 463. The summed E-state index contributed by atoms with van der Waals surface area (Å²) in [4.78, 5) is 2.34. The van der Waals surface area contributed by atoms with Gasteiger partial charge in [-0.2, -0.15) is 5.26 Å². The van der Waals surface area contributed by atoms with Crippen molar-refractivity contribution >= 4 is 5.69 Å². The molecule has 2 unspecified atom stereocenters. The van der Waals surface area contributed by atoms with Crippen molar-refractivity contribution in [2.45, 2.75) is 25.8 Å². The van der Waals surface area contributed by atoms with E-state index in [9.17, 15) is 5.26 Å². The van der Waals surface area contributed by atoms with Gasteiger partial charge in [-0.15, -0.1) is 0 Å². The molecule has 0 radical (unpaired) electrons. The van der Waals surface area contributed by atoms with Gasteiger partial charge >= 0.3 is 0 Å². The second-order valence-corrected chi connectivity index (χ2v) is 5.51. The van der Waals surface area contributed by atoms with E-state index in [2.05, 4.69) is 47.5 Å². The molecule has 3 nitrogen and oxygen atoms in total. The van der Waals surface area contributed by atoms with Crippen molar-refractivity contribution in [2.75, 3.05) is 25.0 Å². The first-order valence-electron chi connectivity index (χ1n) is 6.51. The minimum absolute atomic E-state index is 0.496. The molecule has 3 heteroatoms. The number of nitrogens with zero attached hydrogens (tertiary/aromatic N) is 2. The summed E-state index contributed by atoms with van der Waals surface area (Å²) in [5, 5.41) is 12.4. The predicted octanol–water partition coefficient (Wildman–Crippen LogP) is 2.19. The van der Waals surface area contributed by atoms with Crippen molar-refractivity contribution < 1.29 is 0 Å². The van der Waals surface area contributed by atoms with Crippen molar-refractivity contribution in [3.63, 3.8) is 0 Å². The normalized spacial score (nSPS) is 21.9. The van der Waals surface area contributed by atoms with E-state index in [4.69, 9.17) is 0 Å². The van der Waals surface area contributed by atoms with Crippen LogP contribution >= 0.6 is 0 Å². The van der Waals surface area contributed by atoms with Crippen LogP contribution in [0.5, 0.6) is 0 Å². The lowest BCUT2D eigenvalue weighted by Gasteiger charge is -2.38. The smallest absolute Gasteiger partial charge is 0.121 e. The van der Waals surface area contributed by atoms with Crippen molar-refractivity contribution in [2.24, 2.45) is 5.92 Å². The molecule has 0 fully saturated rings. The number of rotatable bonds is 3. The van der Waals surface area contributed by atoms with Gasteiger partial charge in [0.2, 0.25) is 0 Å². The second kappa shape index (κ2) is 4.99. The molecule has 0 spiro atoms. The van der Waals surface area contributed by atoms with Gasteiger partial charge in [0.25, 0.3) is 0 Å². The van der Waals surface area contributed by atoms with Crippen LogP contribution in [0.25, 0.3) is 0 Å². The Kier molecular flexibility index (Phi) is 3.58. The summed E-state index contributed by atoms with van der Waals surface area (Å²) in [6.07, 6.45) is 1.13. The van der Waals surface area contributed by atoms with Crippen molar-refractivity contribution in [1.82, 2.24) is 5.32 Å². The van der Waals surface area contributed by atoms with E-state index in [1.165, 1.54) is 11.3 Å². The summed E-state index contributed by atoms with van der Waals surface area (Å²) in [6.45, 7) is 5.97. The first-order chi connectivity index (χ1) is 8.58. The van der Waals surface area contributed by atoms with Crippen molar-refractivity contribution in [3.8, 4) is 6.07 Å². The van der Waals surface area contributed by atoms with Crippen LogP contribution < -0.4 is 10.2 Å². The minimum atomic E-state index is -0.496. The summed E-state index contributed by atoms with van der Waals surface area (Å²) in [6, 6.07) is 10.9. The Morgan fingerprint density at radius 1 is 1.50 bits per heavy atom. The number of fused-ring (bicyclic) bond motifs is 1. The number of hydrogen-bond donors (Lipinski definition) is 1. The van der Waals surface area contributed by atoms with Crippen LogP contribution in [0.1, 0.15) is 19.4 Å². The summed E-state index contributed by atoms with van der Waals surface area (Å²) in [5.41, 5.74) is 2.18. The molecule has 0 aliphatic carbocycles. The molecule has 0 bridgehead atoms. The second-order valence-electron chi connectivity index (χ2n) is 5.51. The SMILES string of the molecule is CNC(C)(C#N)CN1CC(C)Cc2ccccc21. The van der Waals surface area contributed by atoms with E-state index in [1.807, 2.05) is 14.0 Å². The highest BCUT2D eigenvalue weighted by molar-refractivity contribution is 5.56. The molecule has 1 aromatic carbocycles. The molecule has 2 rings (SSSR count). The van der Waals surface area contributed by atoms with Gasteiger partial charge in [0.05, 0.1) is 6.07 Å². The van der Waals surface area contributed by atoms with Crippen LogP contribution in [0, 0.1) is 17.2 Å². The molecule has 1 heterocycles. The lowest BCUT2D eigenvalue weighted by molar-refractivity contribution is 0.446. The zero-order valence-electron chi connectivity index (χ0n) is 11.4. The number of likely N-dealkylation sites (N-methyl/N-ethyl adjacent to an activating group) is 1. The largest absolute Gasteiger partial charge is 0.368 e. The molecule has 96 valence electrons. The predicted molar refractivity (Wildman–Crippen MR) is 74.6 cm³/mol. The number of para-hydroxylation sites is 1. The first-order valence-corrected chi connectivity index (χ1v) is 6.51. The number of hydrogen-bond acceptors (Lipinski definition) is 3. The zero-order chi connectivity index (χ0) is 13.2. The van der Waals surface area contributed by atoms with Gasteiger partial charge in [0, 0.05) is 18.8 Å². The summed E-state index contributed by atoms with van der Waals surface area (Å²) in [5.74, 6) is 0.639. The van der Waals surface area contributed by atoms with Crippen LogP contribution in [0.2, 0.25) is 0 Å². The van der Waals surface area contributed by atoms with Gasteiger partial charge in [-0.1, -0.05) is 25.1 Å². The Morgan fingerprint density at radius 2 is 2.22 bits per heavy atom. The van der Waals surface area contributed by atoms with Crippen LogP contribution in [0.3, 0.4) is 0 Å². The van der Waals surface area contributed by atoms with Gasteiger partial charge in [0.1, 0.15) is 5.54 Å². The molecule has 1 aliphatic rings. The van der Waals surface area contributed by atoms with E-state index in [1.54, 1.807) is 0 Å². The Balaban J connectivity index is 2.27. The average molecular weight is 243 g/mol. The van der Waals surface area contributed by atoms with E-state index >= 15 is 0 Å². The summed E-state index contributed by atoms with van der Waals surface area (Å²) in [7, 11) is 1.85. The van der Waals surface area contributed by atoms with Crippen LogP contribution in [-0.2, 0) is 6.42 Å². The monoisotopic (exact) mass is 243 g/mol. The molecule has 2 atom stereocenters. The average Bonchev–Trinajstić information content (AvgIpc) is 2.38. The van der Waals surface area contributed by atoms with Crippen LogP contribution in [0.15, 0.2) is 24.3 Å². The maximum Gasteiger partial charge on any atom is 0.121 e. The fraction of sp³-hybridized carbons (Fsp3) is 0.533. The number of nitriles is 1. The standard InChI is InChI=1S/C15H21N3/c1-12-8-13-6-4-5-7-14(13)18(9-12)11-15(2,10-16)17-3/h4-7,12,17H,8-9,11H2,1-3H3. The molecule has 1 aromatic rings. The number of anilines is 1. The minimum Gasteiger partial charge on any atom is -0.368 e. The molecule has 0 aromatic heterocycles. The van der Waals surface area contributed by atoms with Crippen molar-refractivity contribution in [1.29, 1.82) is 5.26 Å². The van der Waals surface area contributed by atoms with E-state index in [-0.39, 0.29) is 0 Å². The first kappa shape index (κ1) is 12.9. The van der Waals surface area contributed by atoms with Crippen LogP contribution in [-0.4, -0.2) is 25.7 Å². The van der Waals surface area contributed by atoms with E-state index in [0.29, 0.717) is 5.92 Å². The lowest BCUT2D eigenvalue weighted by atomic mass is 9.92. The Labute approximate surface area is 109 Å². The molecular formula is C15H21N3. The van der Waals surface area contributed by atoms with E-state index in [0.717, 1.165) is 19.5 Å². The third kappa shape index (κ3) is 2.49. The van der Waals surface area contributed by atoms with Crippen molar-refractivity contribution in [3.05, 3.63) is 29.8 Å². The highest BCUT2D eigenvalue weighted by atomic mass is 15.2. The molecule has 0 amide bonds. The van der Waals surface area contributed by atoms with Gasteiger partial charge in [-0.05, 0) is 37.9 Å². The van der Waals surface area contributed by atoms with Crippen LogP contribution in [0.4, 0.5) is 5.69 Å².